The Hall–Kier alpha value is -3.33. The smallest absolute Gasteiger partial charge is 0.262 e. The predicted octanol–water partition coefficient (Wildman–Crippen LogP) is 5.87. The Labute approximate surface area is 202 Å². The predicted molar refractivity (Wildman–Crippen MR) is 130 cm³/mol. The summed E-state index contributed by atoms with van der Waals surface area (Å²) in [6.45, 7) is 1.87. The van der Waals surface area contributed by atoms with Gasteiger partial charge in [-0.05, 0) is 55.5 Å². The Morgan fingerprint density at radius 1 is 1.12 bits per heavy atom. The van der Waals surface area contributed by atoms with E-state index in [0.29, 0.717) is 37.7 Å². The Morgan fingerprint density at radius 3 is 2.79 bits per heavy atom. The average molecular weight is 499 g/mol. The van der Waals surface area contributed by atoms with Gasteiger partial charge in [0.25, 0.3) is 5.91 Å². The number of halogens is 2. The van der Waals surface area contributed by atoms with Crippen LogP contribution >= 0.6 is 34.5 Å². The summed E-state index contributed by atoms with van der Waals surface area (Å²) >= 11 is 13.6. The molecule has 2 aromatic carbocycles. The van der Waals surface area contributed by atoms with Gasteiger partial charge in [-0.3, -0.25) is 4.79 Å². The first-order valence-electron chi connectivity index (χ1n) is 9.84. The number of rotatable bonds is 4. The SMILES string of the molecule is Cc1ccc(C=Nn2c(-c3ccc4c(c3)NC(=O)CO4)csc2=Nc2ccc(Cl)c(Cl)c2)o1. The van der Waals surface area contributed by atoms with Crippen LogP contribution in [0.1, 0.15) is 11.5 Å². The third-order valence-electron chi connectivity index (χ3n) is 4.78. The molecule has 2 aromatic heterocycles. The zero-order valence-corrected chi connectivity index (χ0v) is 19.5. The van der Waals surface area contributed by atoms with E-state index in [0.717, 1.165) is 17.0 Å². The average Bonchev–Trinajstić information content (AvgIpc) is 3.40. The van der Waals surface area contributed by atoms with Crippen molar-refractivity contribution in [1.82, 2.24) is 4.68 Å². The highest BCUT2D eigenvalue weighted by Crippen LogP contribution is 2.33. The van der Waals surface area contributed by atoms with Crippen molar-refractivity contribution in [3.8, 4) is 17.0 Å². The lowest BCUT2D eigenvalue weighted by Gasteiger charge is -2.18. The quantitative estimate of drug-likeness (QED) is 0.357. The van der Waals surface area contributed by atoms with Gasteiger partial charge < -0.3 is 14.5 Å². The molecule has 4 aromatic rings. The number of hydrogen-bond acceptors (Lipinski definition) is 6. The number of aryl methyl sites for hydroxylation is 1. The maximum Gasteiger partial charge on any atom is 0.262 e. The van der Waals surface area contributed by atoms with Gasteiger partial charge in [0, 0.05) is 10.9 Å². The summed E-state index contributed by atoms with van der Waals surface area (Å²) in [7, 11) is 0. The molecule has 1 aliphatic rings. The van der Waals surface area contributed by atoms with Crippen molar-refractivity contribution in [2.24, 2.45) is 10.1 Å². The number of anilines is 1. The van der Waals surface area contributed by atoms with Crippen molar-refractivity contribution >= 4 is 58.0 Å². The molecule has 166 valence electrons. The fourth-order valence-corrected chi connectivity index (χ4v) is 4.38. The number of carbonyl (C=O) groups excluding carboxylic acids is 1. The molecule has 0 aliphatic carbocycles. The summed E-state index contributed by atoms with van der Waals surface area (Å²) in [6.07, 6.45) is 1.63. The van der Waals surface area contributed by atoms with Gasteiger partial charge in [-0.15, -0.1) is 11.3 Å². The normalized spacial score (nSPS) is 13.8. The van der Waals surface area contributed by atoms with E-state index < -0.39 is 0 Å². The van der Waals surface area contributed by atoms with E-state index >= 15 is 0 Å². The summed E-state index contributed by atoms with van der Waals surface area (Å²) in [6, 6.07) is 14.5. The van der Waals surface area contributed by atoms with Gasteiger partial charge in [0.05, 0.1) is 33.3 Å². The van der Waals surface area contributed by atoms with Gasteiger partial charge in [-0.1, -0.05) is 23.2 Å². The molecule has 1 aliphatic heterocycles. The van der Waals surface area contributed by atoms with Gasteiger partial charge in [-0.25, -0.2) is 9.67 Å². The summed E-state index contributed by atoms with van der Waals surface area (Å²) < 4.78 is 12.8. The lowest BCUT2D eigenvalue weighted by molar-refractivity contribution is -0.118. The largest absolute Gasteiger partial charge is 0.482 e. The van der Waals surface area contributed by atoms with Crippen LogP contribution in [0.3, 0.4) is 0 Å². The van der Waals surface area contributed by atoms with Crippen molar-refractivity contribution in [3.63, 3.8) is 0 Å². The Bertz CT molecular complexity index is 1470. The van der Waals surface area contributed by atoms with Crippen LogP contribution in [-0.4, -0.2) is 23.4 Å². The molecular weight excluding hydrogens is 483 g/mol. The highest BCUT2D eigenvalue weighted by molar-refractivity contribution is 7.07. The molecule has 0 radical (unpaired) electrons. The zero-order valence-electron chi connectivity index (χ0n) is 17.2. The van der Waals surface area contributed by atoms with E-state index in [1.165, 1.54) is 11.3 Å². The molecule has 1 amide bonds. The van der Waals surface area contributed by atoms with Gasteiger partial charge in [0.15, 0.2) is 6.61 Å². The Balaban J connectivity index is 1.63. The fraction of sp³-hybridized carbons (Fsp3) is 0.0870. The van der Waals surface area contributed by atoms with Crippen LogP contribution in [0, 0.1) is 6.92 Å². The van der Waals surface area contributed by atoms with Crippen molar-refractivity contribution in [2.45, 2.75) is 6.92 Å². The van der Waals surface area contributed by atoms with Crippen LogP contribution < -0.4 is 14.9 Å². The molecular formula is C23H16Cl2N4O3S. The number of nitrogens with zero attached hydrogens (tertiary/aromatic N) is 3. The highest BCUT2D eigenvalue weighted by atomic mass is 35.5. The number of furan rings is 1. The van der Waals surface area contributed by atoms with Crippen LogP contribution in [0.2, 0.25) is 10.0 Å². The number of fused-ring (bicyclic) bond motifs is 1. The third kappa shape index (κ3) is 4.59. The van der Waals surface area contributed by atoms with Crippen LogP contribution in [0.4, 0.5) is 11.4 Å². The van der Waals surface area contributed by atoms with Gasteiger partial charge in [-0.2, -0.15) is 5.10 Å². The van der Waals surface area contributed by atoms with Gasteiger partial charge in [0.2, 0.25) is 4.80 Å². The molecule has 0 bridgehead atoms. The molecule has 0 unspecified atom stereocenters. The number of benzene rings is 2. The molecule has 3 heterocycles. The first-order valence-corrected chi connectivity index (χ1v) is 11.5. The van der Waals surface area contributed by atoms with Crippen molar-refractivity contribution in [2.75, 3.05) is 11.9 Å². The number of thiazole rings is 1. The molecule has 1 N–H and O–H groups in total. The third-order valence-corrected chi connectivity index (χ3v) is 6.34. The van der Waals surface area contributed by atoms with E-state index in [4.69, 9.17) is 37.3 Å². The van der Waals surface area contributed by atoms with Gasteiger partial charge in [0.1, 0.15) is 17.3 Å². The molecule has 0 fully saturated rings. The summed E-state index contributed by atoms with van der Waals surface area (Å²) in [5.41, 5.74) is 2.86. The maximum atomic E-state index is 11.8. The second-order valence-electron chi connectivity index (χ2n) is 7.17. The topological polar surface area (TPSA) is 81.1 Å². The van der Waals surface area contributed by atoms with Crippen molar-refractivity contribution in [1.29, 1.82) is 0 Å². The second-order valence-corrected chi connectivity index (χ2v) is 8.82. The number of aromatic nitrogens is 1. The molecule has 5 rings (SSSR count). The monoisotopic (exact) mass is 498 g/mol. The number of nitrogens with one attached hydrogen (secondary N) is 1. The van der Waals surface area contributed by atoms with Crippen LogP contribution in [0.15, 0.2) is 68.4 Å². The number of hydrogen-bond donors (Lipinski definition) is 1. The van der Waals surface area contributed by atoms with Crippen LogP contribution in [0.25, 0.3) is 11.3 Å². The molecule has 0 atom stereocenters. The van der Waals surface area contributed by atoms with Crippen molar-refractivity contribution in [3.05, 3.63) is 80.3 Å². The minimum atomic E-state index is -0.195. The van der Waals surface area contributed by atoms with Crippen LogP contribution in [-0.2, 0) is 4.79 Å². The minimum absolute atomic E-state index is 0.00430. The molecule has 0 saturated heterocycles. The van der Waals surface area contributed by atoms with E-state index in [1.54, 1.807) is 29.1 Å². The first kappa shape index (κ1) is 21.5. The lowest BCUT2D eigenvalue weighted by atomic mass is 10.1. The van der Waals surface area contributed by atoms with E-state index in [2.05, 4.69) is 10.4 Å². The molecule has 0 spiro atoms. The molecule has 33 heavy (non-hydrogen) atoms. The highest BCUT2D eigenvalue weighted by Gasteiger charge is 2.18. The Morgan fingerprint density at radius 2 is 2.00 bits per heavy atom. The zero-order chi connectivity index (χ0) is 22.9. The maximum absolute atomic E-state index is 11.8. The standard InChI is InChI=1S/C23H16Cl2N4O3S/c1-13-2-5-16(32-13)10-26-29-20(14-3-7-21-19(8-14)28-22(30)11-31-21)12-33-23(29)27-15-4-6-17(24)18(25)9-15/h2-10,12H,11H2,1H3,(H,28,30). The van der Waals surface area contributed by atoms with E-state index in [1.807, 2.05) is 42.6 Å². The molecule has 7 nitrogen and oxygen atoms in total. The Kier molecular flexibility index (Phi) is 5.80. The van der Waals surface area contributed by atoms with E-state index in [-0.39, 0.29) is 12.5 Å². The van der Waals surface area contributed by atoms with Gasteiger partial charge >= 0.3 is 0 Å². The van der Waals surface area contributed by atoms with Crippen LogP contribution in [0.5, 0.6) is 5.75 Å². The summed E-state index contributed by atoms with van der Waals surface area (Å²) in [5, 5.41) is 10.3. The van der Waals surface area contributed by atoms with E-state index in [9.17, 15) is 4.79 Å². The summed E-state index contributed by atoms with van der Waals surface area (Å²) in [4.78, 5) is 17.1. The second kappa shape index (κ2) is 8.90. The molecule has 0 saturated carbocycles. The number of carbonyl (C=O) groups is 1. The fourth-order valence-electron chi connectivity index (χ4n) is 3.23. The summed E-state index contributed by atoms with van der Waals surface area (Å²) in [5.74, 6) is 1.83. The molecule has 10 heteroatoms. The number of amides is 1. The lowest BCUT2D eigenvalue weighted by Crippen LogP contribution is -2.25. The number of ether oxygens (including phenoxy) is 1. The first-order chi connectivity index (χ1) is 16.0. The van der Waals surface area contributed by atoms with Crippen molar-refractivity contribution < 1.29 is 13.9 Å². The minimum Gasteiger partial charge on any atom is -0.482 e.